The number of rotatable bonds is 4. The van der Waals surface area contributed by atoms with Gasteiger partial charge in [0.1, 0.15) is 16.4 Å². The number of halogens is 1. The molecule has 33 heavy (non-hydrogen) atoms. The maximum Gasteiger partial charge on any atom is 0.321 e. The average Bonchev–Trinajstić information content (AvgIpc) is 2.80. The van der Waals surface area contributed by atoms with Gasteiger partial charge in [-0.05, 0) is 37.3 Å². The number of fused-ring (bicyclic) bond motifs is 1. The van der Waals surface area contributed by atoms with Crippen molar-refractivity contribution in [1.29, 1.82) is 0 Å². The standard InChI is InChI=1S/C21H23ClN4O6S/c1-13-20(27)24-17-11-16(22)19(12-18(17)32-13)33(29,30)26-9-7-25(8-10-26)21(28)23-14-3-5-15(31-2)6-4-14/h3-6,11-13H,7-10H2,1-2H3,(H,23,28)(H,24,27)/t13-/m0/s1. The van der Waals surface area contributed by atoms with E-state index in [2.05, 4.69) is 10.6 Å². The lowest BCUT2D eigenvalue weighted by atomic mass is 10.2. The van der Waals surface area contributed by atoms with E-state index in [1.165, 1.54) is 16.4 Å². The fourth-order valence-corrected chi connectivity index (χ4v) is 5.49. The van der Waals surface area contributed by atoms with Gasteiger partial charge < -0.3 is 25.0 Å². The molecule has 0 aromatic heterocycles. The highest BCUT2D eigenvalue weighted by Crippen LogP contribution is 2.38. The Balaban J connectivity index is 1.43. The molecule has 2 aliphatic heterocycles. The molecule has 0 radical (unpaired) electrons. The first-order chi connectivity index (χ1) is 15.7. The molecule has 1 atom stereocenters. The number of ether oxygens (including phenoxy) is 2. The topological polar surface area (TPSA) is 117 Å². The van der Waals surface area contributed by atoms with E-state index >= 15 is 0 Å². The average molecular weight is 495 g/mol. The second-order valence-corrected chi connectivity index (χ2v) is 9.89. The number of hydrogen-bond acceptors (Lipinski definition) is 6. The minimum atomic E-state index is -3.94. The summed E-state index contributed by atoms with van der Waals surface area (Å²) in [7, 11) is -2.38. The lowest BCUT2D eigenvalue weighted by Crippen LogP contribution is -2.51. The van der Waals surface area contributed by atoms with Gasteiger partial charge >= 0.3 is 6.03 Å². The molecule has 0 spiro atoms. The first-order valence-electron chi connectivity index (χ1n) is 10.2. The molecule has 2 N–H and O–H groups in total. The molecule has 4 rings (SSSR count). The number of anilines is 2. The lowest BCUT2D eigenvalue weighted by Gasteiger charge is -2.34. The van der Waals surface area contributed by atoms with Gasteiger partial charge in [-0.2, -0.15) is 4.31 Å². The molecule has 2 heterocycles. The number of carbonyl (C=O) groups is 2. The summed E-state index contributed by atoms with van der Waals surface area (Å²) in [4.78, 5) is 25.8. The predicted octanol–water partition coefficient (Wildman–Crippen LogP) is 2.61. The lowest BCUT2D eigenvalue weighted by molar-refractivity contribution is -0.122. The van der Waals surface area contributed by atoms with E-state index in [1.54, 1.807) is 43.2 Å². The molecule has 0 unspecified atom stereocenters. The van der Waals surface area contributed by atoms with Crippen LogP contribution in [0.25, 0.3) is 0 Å². The van der Waals surface area contributed by atoms with Crippen molar-refractivity contribution in [3.63, 3.8) is 0 Å². The van der Waals surface area contributed by atoms with Crippen LogP contribution < -0.4 is 20.1 Å². The highest BCUT2D eigenvalue weighted by molar-refractivity contribution is 7.89. The third kappa shape index (κ3) is 4.70. The number of urea groups is 1. The van der Waals surface area contributed by atoms with Gasteiger partial charge in [-0.1, -0.05) is 11.6 Å². The molecule has 2 aromatic rings. The summed E-state index contributed by atoms with van der Waals surface area (Å²) in [5.41, 5.74) is 0.931. The predicted molar refractivity (Wildman–Crippen MR) is 123 cm³/mol. The van der Waals surface area contributed by atoms with Crippen molar-refractivity contribution >= 4 is 44.9 Å². The third-order valence-electron chi connectivity index (χ3n) is 5.45. The van der Waals surface area contributed by atoms with E-state index in [0.29, 0.717) is 17.1 Å². The Hall–Kier alpha value is -3.02. The van der Waals surface area contributed by atoms with Crippen LogP contribution in [-0.4, -0.2) is 69.0 Å². The zero-order chi connectivity index (χ0) is 23.8. The summed E-state index contributed by atoms with van der Waals surface area (Å²) in [5, 5.41) is 5.41. The molecule has 3 amide bonds. The number of carbonyl (C=O) groups excluding carboxylic acids is 2. The van der Waals surface area contributed by atoms with Gasteiger partial charge in [0.15, 0.2) is 6.10 Å². The van der Waals surface area contributed by atoms with Crippen molar-refractivity contribution in [1.82, 2.24) is 9.21 Å². The van der Waals surface area contributed by atoms with Crippen LogP contribution >= 0.6 is 11.6 Å². The van der Waals surface area contributed by atoms with Crippen LogP contribution in [-0.2, 0) is 14.8 Å². The summed E-state index contributed by atoms with van der Waals surface area (Å²) in [6.45, 7) is 2.22. The van der Waals surface area contributed by atoms with Gasteiger partial charge in [-0.25, -0.2) is 13.2 Å². The Morgan fingerprint density at radius 1 is 1.18 bits per heavy atom. The normalized spacial score (nSPS) is 18.7. The van der Waals surface area contributed by atoms with Crippen molar-refractivity contribution in [3.05, 3.63) is 41.4 Å². The summed E-state index contributed by atoms with van der Waals surface area (Å²) in [6.07, 6.45) is -0.748. The largest absolute Gasteiger partial charge is 0.497 e. The molecular formula is C21H23ClN4O6S. The van der Waals surface area contributed by atoms with Crippen LogP contribution in [0.4, 0.5) is 16.2 Å². The Morgan fingerprint density at radius 2 is 1.85 bits per heavy atom. The quantitative estimate of drug-likeness (QED) is 0.674. The second-order valence-electron chi connectivity index (χ2n) is 7.58. The number of nitrogens with one attached hydrogen (secondary N) is 2. The fourth-order valence-electron chi connectivity index (χ4n) is 3.55. The zero-order valence-corrected chi connectivity index (χ0v) is 19.6. The van der Waals surface area contributed by atoms with Crippen LogP contribution in [0.15, 0.2) is 41.3 Å². The molecule has 0 aliphatic carbocycles. The highest BCUT2D eigenvalue weighted by Gasteiger charge is 2.34. The highest BCUT2D eigenvalue weighted by atomic mass is 35.5. The van der Waals surface area contributed by atoms with Crippen molar-refractivity contribution in [3.8, 4) is 11.5 Å². The van der Waals surface area contributed by atoms with E-state index in [4.69, 9.17) is 21.1 Å². The minimum Gasteiger partial charge on any atom is -0.497 e. The molecule has 10 nitrogen and oxygen atoms in total. The van der Waals surface area contributed by atoms with Gasteiger partial charge in [0, 0.05) is 37.9 Å². The van der Waals surface area contributed by atoms with Gasteiger partial charge in [-0.15, -0.1) is 0 Å². The van der Waals surface area contributed by atoms with Crippen molar-refractivity contribution in [2.75, 3.05) is 43.9 Å². The van der Waals surface area contributed by atoms with Crippen LogP contribution in [0, 0.1) is 0 Å². The maximum absolute atomic E-state index is 13.2. The minimum absolute atomic E-state index is 0.0214. The molecule has 0 saturated carbocycles. The van der Waals surface area contributed by atoms with Gasteiger partial charge in [-0.3, -0.25) is 4.79 Å². The molecule has 2 aliphatic rings. The molecule has 12 heteroatoms. The number of hydrogen-bond donors (Lipinski definition) is 2. The first kappa shape index (κ1) is 23.1. The fraction of sp³-hybridized carbons (Fsp3) is 0.333. The van der Waals surface area contributed by atoms with E-state index in [-0.39, 0.29) is 53.8 Å². The molecule has 2 aromatic carbocycles. The number of sulfonamides is 1. The third-order valence-corrected chi connectivity index (χ3v) is 7.81. The maximum atomic E-state index is 13.2. The van der Waals surface area contributed by atoms with Crippen LogP contribution in [0.1, 0.15) is 6.92 Å². The van der Waals surface area contributed by atoms with Crippen molar-refractivity contribution in [2.24, 2.45) is 0 Å². The molecule has 1 saturated heterocycles. The number of benzene rings is 2. The Kier molecular flexibility index (Phi) is 6.37. The summed E-state index contributed by atoms with van der Waals surface area (Å²) >= 11 is 6.24. The summed E-state index contributed by atoms with van der Waals surface area (Å²) < 4.78 is 38.4. The van der Waals surface area contributed by atoms with Crippen LogP contribution in [0.5, 0.6) is 11.5 Å². The van der Waals surface area contributed by atoms with Crippen LogP contribution in [0.3, 0.4) is 0 Å². The Bertz CT molecular complexity index is 1180. The Labute approximate surface area is 196 Å². The number of nitrogens with zero attached hydrogens (tertiary/aromatic N) is 2. The number of piperazine rings is 1. The van der Waals surface area contributed by atoms with Gasteiger partial charge in [0.25, 0.3) is 5.91 Å². The Morgan fingerprint density at radius 3 is 2.48 bits per heavy atom. The second kappa shape index (κ2) is 9.08. The van der Waals surface area contributed by atoms with E-state index in [9.17, 15) is 18.0 Å². The van der Waals surface area contributed by atoms with Gasteiger partial charge in [0.2, 0.25) is 10.0 Å². The molecule has 0 bridgehead atoms. The summed E-state index contributed by atoms with van der Waals surface area (Å²) in [5.74, 6) is 0.579. The van der Waals surface area contributed by atoms with Crippen molar-refractivity contribution < 1.29 is 27.5 Å². The zero-order valence-electron chi connectivity index (χ0n) is 18.0. The molecule has 176 valence electrons. The first-order valence-corrected chi connectivity index (χ1v) is 12.0. The van der Waals surface area contributed by atoms with Crippen molar-refractivity contribution in [2.45, 2.75) is 17.9 Å². The van der Waals surface area contributed by atoms with Crippen LogP contribution in [0.2, 0.25) is 5.02 Å². The van der Waals surface area contributed by atoms with Gasteiger partial charge in [0.05, 0.1) is 17.8 Å². The number of methoxy groups -OCH3 is 1. The van der Waals surface area contributed by atoms with E-state index < -0.39 is 16.1 Å². The SMILES string of the molecule is COc1ccc(NC(=O)N2CCN(S(=O)(=O)c3cc4c(cc3Cl)NC(=O)[C@H](C)O4)CC2)cc1. The monoisotopic (exact) mass is 494 g/mol. The molecule has 1 fully saturated rings. The molecular weight excluding hydrogens is 472 g/mol. The summed E-state index contributed by atoms with van der Waals surface area (Å²) in [6, 6.07) is 9.29. The van der Waals surface area contributed by atoms with E-state index in [0.717, 1.165) is 0 Å². The number of amides is 3. The van der Waals surface area contributed by atoms with E-state index in [1.807, 2.05) is 0 Å². The smallest absolute Gasteiger partial charge is 0.321 e.